The fraction of sp³-hybridized carbons (Fsp3) is 0.600. The fourth-order valence-corrected chi connectivity index (χ4v) is 2.01. The zero-order chi connectivity index (χ0) is 10.6. The molecule has 4 heteroatoms. The molecule has 0 saturated heterocycles. The smallest absolute Gasteiger partial charge is 0.157 e. The van der Waals surface area contributed by atoms with Crippen LogP contribution in [0.25, 0.3) is 0 Å². The van der Waals surface area contributed by atoms with Crippen LogP contribution in [-0.4, -0.2) is 18.6 Å². The van der Waals surface area contributed by atoms with Crippen molar-refractivity contribution in [3.05, 3.63) is 9.88 Å². The van der Waals surface area contributed by atoms with Crippen LogP contribution < -0.4 is 4.90 Å². The minimum absolute atomic E-state index is 0.723. The van der Waals surface area contributed by atoms with E-state index in [0.717, 1.165) is 35.1 Å². The van der Waals surface area contributed by atoms with Gasteiger partial charge >= 0.3 is 0 Å². The Morgan fingerprint density at radius 2 is 2.29 bits per heavy atom. The first-order valence-electron chi connectivity index (χ1n) is 4.77. The van der Waals surface area contributed by atoms with E-state index < -0.39 is 0 Å². The Hall–Kier alpha value is -1.08. The molecule has 1 rings (SSSR count). The minimum Gasteiger partial charge on any atom is -0.358 e. The van der Waals surface area contributed by atoms with E-state index in [1.807, 2.05) is 14.0 Å². The SMILES string of the molecule is CCCCN(C)c1nc(C)sc1C#N. The van der Waals surface area contributed by atoms with Gasteiger partial charge in [-0.3, -0.25) is 0 Å². The number of aryl methyl sites for hydroxylation is 1. The molecule has 14 heavy (non-hydrogen) atoms. The van der Waals surface area contributed by atoms with Crippen LogP contribution in [0.1, 0.15) is 29.7 Å². The van der Waals surface area contributed by atoms with Crippen molar-refractivity contribution in [1.82, 2.24) is 4.98 Å². The van der Waals surface area contributed by atoms with E-state index in [4.69, 9.17) is 5.26 Å². The lowest BCUT2D eigenvalue weighted by molar-refractivity contribution is 0.760. The van der Waals surface area contributed by atoms with Gasteiger partial charge in [0.2, 0.25) is 0 Å². The Labute approximate surface area is 89.0 Å². The summed E-state index contributed by atoms with van der Waals surface area (Å²) >= 11 is 1.46. The molecule has 0 fully saturated rings. The van der Waals surface area contributed by atoms with Crippen LogP contribution in [0.15, 0.2) is 0 Å². The summed E-state index contributed by atoms with van der Waals surface area (Å²) in [5.41, 5.74) is 0. The van der Waals surface area contributed by atoms with E-state index in [2.05, 4.69) is 22.9 Å². The van der Waals surface area contributed by atoms with Gasteiger partial charge in [0.15, 0.2) is 5.82 Å². The molecule has 0 aromatic carbocycles. The molecular weight excluding hydrogens is 194 g/mol. The average molecular weight is 209 g/mol. The fourth-order valence-electron chi connectivity index (χ4n) is 1.25. The van der Waals surface area contributed by atoms with E-state index in [-0.39, 0.29) is 0 Å². The van der Waals surface area contributed by atoms with Crippen molar-refractivity contribution >= 4 is 17.2 Å². The van der Waals surface area contributed by atoms with Gasteiger partial charge in [0.25, 0.3) is 0 Å². The monoisotopic (exact) mass is 209 g/mol. The maximum atomic E-state index is 8.90. The number of hydrogen-bond acceptors (Lipinski definition) is 4. The molecule has 0 radical (unpaired) electrons. The van der Waals surface area contributed by atoms with Crippen molar-refractivity contribution in [2.24, 2.45) is 0 Å². The molecular formula is C10H15N3S. The molecule has 0 spiro atoms. The van der Waals surface area contributed by atoms with Gasteiger partial charge in [-0.25, -0.2) is 4.98 Å². The van der Waals surface area contributed by atoms with E-state index in [9.17, 15) is 0 Å². The number of nitriles is 1. The van der Waals surface area contributed by atoms with E-state index in [1.54, 1.807) is 0 Å². The summed E-state index contributed by atoms with van der Waals surface area (Å²) in [5.74, 6) is 0.837. The third-order valence-corrected chi connectivity index (χ3v) is 2.89. The minimum atomic E-state index is 0.723. The van der Waals surface area contributed by atoms with Crippen LogP contribution >= 0.6 is 11.3 Å². The van der Waals surface area contributed by atoms with E-state index in [1.165, 1.54) is 11.3 Å². The van der Waals surface area contributed by atoms with Gasteiger partial charge in [-0.1, -0.05) is 13.3 Å². The second-order valence-electron chi connectivity index (χ2n) is 3.27. The summed E-state index contributed by atoms with van der Waals surface area (Å²) in [6, 6.07) is 2.19. The van der Waals surface area contributed by atoms with Crippen LogP contribution in [0.3, 0.4) is 0 Å². The van der Waals surface area contributed by atoms with Gasteiger partial charge in [-0.15, -0.1) is 11.3 Å². The highest BCUT2D eigenvalue weighted by molar-refractivity contribution is 7.12. The number of unbranched alkanes of at least 4 members (excludes halogenated alkanes) is 1. The number of thiazole rings is 1. The summed E-state index contributed by atoms with van der Waals surface area (Å²) in [4.78, 5) is 7.14. The number of anilines is 1. The Balaban J connectivity index is 2.78. The van der Waals surface area contributed by atoms with Crippen molar-refractivity contribution in [1.29, 1.82) is 5.26 Å². The summed E-state index contributed by atoms with van der Waals surface area (Å²) in [6.07, 6.45) is 2.30. The number of nitrogens with zero attached hydrogens (tertiary/aromatic N) is 3. The van der Waals surface area contributed by atoms with E-state index >= 15 is 0 Å². The molecule has 1 heterocycles. The molecule has 3 nitrogen and oxygen atoms in total. The molecule has 0 N–H and O–H groups in total. The Kier molecular flexibility index (Phi) is 3.90. The van der Waals surface area contributed by atoms with Crippen LogP contribution in [0.2, 0.25) is 0 Å². The first-order valence-corrected chi connectivity index (χ1v) is 5.59. The summed E-state index contributed by atoms with van der Waals surface area (Å²) in [5, 5.41) is 9.86. The molecule has 1 aromatic heterocycles. The quantitative estimate of drug-likeness (QED) is 0.765. The molecule has 0 atom stereocenters. The summed E-state index contributed by atoms with van der Waals surface area (Å²) in [7, 11) is 1.99. The lowest BCUT2D eigenvalue weighted by Gasteiger charge is -2.15. The number of rotatable bonds is 4. The standard InChI is InChI=1S/C10H15N3S/c1-4-5-6-13(3)10-9(7-11)14-8(2)12-10/h4-6H2,1-3H3. The molecule has 0 aliphatic rings. The zero-order valence-corrected chi connectivity index (χ0v) is 9.69. The number of hydrogen-bond donors (Lipinski definition) is 0. The van der Waals surface area contributed by atoms with Crippen molar-refractivity contribution < 1.29 is 0 Å². The first kappa shape index (κ1) is 11.0. The van der Waals surface area contributed by atoms with Gasteiger partial charge in [0.1, 0.15) is 10.9 Å². The van der Waals surface area contributed by atoms with Crippen molar-refractivity contribution in [3.8, 4) is 6.07 Å². The highest BCUT2D eigenvalue weighted by Gasteiger charge is 2.11. The summed E-state index contributed by atoms with van der Waals surface area (Å²) < 4.78 is 0. The van der Waals surface area contributed by atoms with Crippen molar-refractivity contribution in [3.63, 3.8) is 0 Å². The van der Waals surface area contributed by atoms with Crippen molar-refractivity contribution in [2.45, 2.75) is 26.7 Å². The zero-order valence-electron chi connectivity index (χ0n) is 8.87. The van der Waals surface area contributed by atoms with Gasteiger partial charge in [-0.05, 0) is 13.3 Å². The number of aromatic nitrogens is 1. The third kappa shape index (κ3) is 2.46. The topological polar surface area (TPSA) is 39.9 Å². The largest absolute Gasteiger partial charge is 0.358 e. The molecule has 1 aromatic rings. The molecule has 0 aliphatic carbocycles. The maximum Gasteiger partial charge on any atom is 0.157 e. The second-order valence-corrected chi connectivity index (χ2v) is 4.48. The van der Waals surface area contributed by atoms with Crippen molar-refractivity contribution in [2.75, 3.05) is 18.5 Å². The average Bonchev–Trinajstić information content (AvgIpc) is 2.56. The van der Waals surface area contributed by atoms with Crippen LogP contribution in [-0.2, 0) is 0 Å². The maximum absolute atomic E-state index is 8.90. The molecule has 76 valence electrons. The van der Waals surface area contributed by atoms with Gasteiger partial charge in [0, 0.05) is 13.6 Å². The molecule has 0 amide bonds. The van der Waals surface area contributed by atoms with Crippen LogP contribution in [0, 0.1) is 18.3 Å². The highest BCUT2D eigenvalue weighted by atomic mass is 32.1. The van der Waals surface area contributed by atoms with E-state index in [0.29, 0.717) is 0 Å². The Morgan fingerprint density at radius 3 is 2.86 bits per heavy atom. The van der Waals surface area contributed by atoms with Gasteiger partial charge in [-0.2, -0.15) is 5.26 Å². The predicted octanol–water partition coefficient (Wildman–Crippen LogP) is 2.56. The molecule has 0 unspecified atom stereocenters. The first-order chi connectivity index (χ1) is 6.69. The lowest BCUT2D eigenvalue weighted by Crippen LogP contribution is -2.19. The second kappa shape index (κ2) is 4.97. The van der Waals surface area contributed by atoms with Crippen LogP contribution in [0.5, 0.6) is 0 Å². The predicted molar refractivity (Wildman–Crippen MR) is 59.7 cm³/mol. The lowest BCUT2D eigenvalue weighted by atomic mass is 10.3. The molecule has 0 aliphatic heterocycles. The third-order valence-electron chi connectivity index (χ3n) is 2.03. The molecule has 0 saturated carbocycles. The Bertz CT molecular complexity index is 338. The summed E-state index contributed by atoms with van der Waals surface area (Å²) in [6.45, 7) is 5.06. The van der Waals surface area contributed by atoms with Crippen LogP contribution in [0.4, 0.5) is 5.82 Å². The Morgan fingerprint density at radius 1 is 1.57 bits per heavy atom. The van der Waals surface area contributed by atoms with Gasteiger partial charge in [0.05, 0.1) is 5.01 Å². The van der Waals surface area contributed by atoms with Gasteiger partial charge < -0.3 is 4.90 Å². The highest BCUT2D eigenvalue weighted by Crippen LogP contribution is 2.24. The normalized spacial score (nSPS) is 9.86. The molecule has 0 bridgehead atoms.